The second kappa shape index (κ2) is 6.10. The van der Waals surface area contributed by atoms with Crippen LogP contribution in [0.1, 0.15) is 13.3 Å². The third-order valence-electron chi connectivity index (χ3n) is 4.49. The Kier molecular flexibility index (Phi) is 4.41. The zero-order valence-corrected chi connectivity index (χ0v) is 13.9. The number of hydrogen-bond acceptors (Lipinski definition) is 8. The molecular formula is C14H19NO8S. The first-order chi connectivity index (χ1) is 11.3. The van der Waals surface area contributed by atoms with Crippen molar-refractivity contribution in [1.29, 1.82) is 0 Å². The fraction of sp³-hybridized carbons (Fsp3) is 0.714. The number of carbonyl (C=O) groups excluding carboxylic acids is 2. The van der Waals surface area contributed by atoms with Crippen LogP contribution in [0.25, 0.3) is 0 Å². The molecule has 134 valence electrons. The van der Waals surface area contributed by atoms with Crippen molar-refractivity contribution in [3.8, 4) is 0 Å². The van der Waals surface area contributed by atoms with Gasteiger partial charge in [0.25, 0.3) is 10.1 Å². The maximum atomic E-state index is 11.9. The topological polar surface area (TPSA) is 117 Å². The van der Waals surface area contributed by atoms with Crippen molar-refractivity contribution >= 4 is 22.0 Å². The molecule has 3 fully saturated rings. The molecule has 0 aromatic heterocycles. The van der Waals surface area contributed by atoms with Crippen molar-refractivity contribution in [2.75, 3.05) is 19.8 Å². The minimum absolute atomic E-state index is 0.000779. The van der Waals surface area contributed by atoms with Crippen molar-refractivity contribution in [2.24, 2.45) is 0 Å². The molecule has 2 bridgehead atoms. The van der Waals surface area contributed by atoms with Gasteiger partial charge in [-0.3, -0.25) is 8.98 Å². The number of carbonyl (C=O) groups is 2. The average molecular weight is 361 g/mol. The van der Waals surface area contributed by atoms with E-state index < -0.39 is 45.3 Å². The largest absolute Gasteiger partial charge is 0.462 e. The Labute approximate surface area is 139 Å². The molecule has 0 radical (unpaired) electrons. The van der Waals surface area contributed by atoms with E-state index in [4.69, 9.17) is 18.4 Å². The third-order valence-corrected chi connectivity index (χ3v) is 6.26. The fourth-order valence-electron chi connectivity index (χ4n) is 3.47. The van der Waals surface area contributed by atoms with E-state index in [0.717, 1.165) is 6.08 Å². The SMILES string of the molecule is C=CC(=O)NCCOC(=O)COC1C2CC3C(O2)C1(C)OS3(=O)=O. The van der Waals surface area contributed by atoms with Crippen LogP contribution in [0.3, 0.4) is 0 Å². The number of esters is 1. The van der Waals surface area contributed by atoms with Crippen LogP contribution in [0, 0.1) is 0 Å². The summed E-state index contributed by atoms with van der Waals surface area (Å²) in [4.78, 5) is 22.6. The zero-order valence-electron chi connectivity index (χ0n) is 13.1. The summed E-state index contributed by atoms with van der Waals surface area (Å²) < 4.78 is 45.2. The quantitative estimate of drug-likeness (QED) is 0.262. The Balaban J connectivity index is 1.47. The maximum absolute atomic E-state index is 11.9. The number of hydrogen-bond donors (Lipinski definition) is 1. The van der Waals surface area contributed by atoms with Crippen molar-refractivity contribution in [2.45, 2.75) is 42.5 Å². The summed E-state index contributed by atoms with van der Waals surface area (Å²) in [6, 6.07) is 0. The van der Waals surface area contributed by atoms with Gasteiger partial charge in [-0.2, -0.15) is 8.42 Å². The van der Waals surface area contributed by atoms with E-state index in [2.05, 4.69) is 11.9 Å². The molecule has 10 heteroatoms. The van der Waals surface area contributed by atoms with E-state index in [1.54, 1.807) is 6.92 Å². The lowest BCUT2D eigenvalue weighted by molar-refractivity contribution is -0.156. The highest BCUT2D eigenvalue weighted by Crippen LogP contribution is 2.54. The summed E-state index contributed by atoms with van der Waals surface area (Å²) in [5, 5.41) is 1.80. The summed E-state index contributed by atoms with van der Waals surface area (Å²) in [7, 11) is -3.66. The Hall–Kier alpha value is -1.49. The molecule has 1 amide bonds. The van der Waals surface area contributed by atoms with E-state index in [9.17, 15) is 18.0 Å². The third kappa shape index (κ3) is 2.83. The number of amides is 1. The van der Waals surface area contributed by atoms with Gasteiger partial charge in [-0.25, -0.2) is 4.79 Å². The van der Waals surface area contributed by atoms with Crippen LogP contribution >= 0.6 is 0 Å². The smallest absolute Gasteiger partial charge is 0.332 e. The zero-order chi connectivity index (χ0) is 17.5. The highest BCUT2D eigenvalue weighted by molar-refractivity contribution is 7.87. The van der Waals surface area contributed by atoms with Gasteiger partial charge in [-0.1, -0.05) is 6.58 Å². The van der Waals surface area contributed by atoms with Crippen LogP contribution in [0.5, 0.6) is 0 Å². The van der Waals surface area contributed by atoms with Gasteiger partial charge in [-0.15, -0.1) is 0 Å². The number of ether oxygens (including phenoxy) is 3. The average Bonchev–Trinajstić information content (AvgIpc) is 3.09. The molecule has 0 aromatic carbocycles. The van der Waals surface area contributed by atoms with Crippen LogP contribution < -0.4 is 5.32 Å². The molecule has 24 heavy (non-hydrogen) atoms. The number of nitrogens with one attached hydrogen (secondary N) is 1. The van der Waals surface area contributed by atoms with E-state index in [1.807, 2.05) is 0 Å². The molecule has 9 nitrogen and oxygen atoms in total. The van der Waals surface area contributed by atoms with Crippen molar-refractivity contribution in [1.82, 2.24) is 5.32 Å². The highest BCUT2D eigenvalue weighted by Gasteiger charge is 2.72. The molecule has 3 heterocycles. The molecule has 5 atom stereocenters. The summed E-state index contributed by atoms with van der Waals surface area (Å²) in [5.41, 5.74) is -1.11. The first-order valence-corrected chi connectivity index (χ1v) is 9.02. The Morgan fingerprint density at radius 1 is 1.46 bits per heavy atom. The Morgan fingerprint density at radius 3 is 2.92 bits per heavy atom. The van der Waals surface area contributed by atoms with Gasteiger partial charge in [-0.05, 0) is 19.4 Å². The molecule has 5 unspecified atom stereocenters. The molecule has 0 spiro atoms. The fourth-order valence-corrected chi connectivity index (χ4v) is 5.35. The first-order valence-electron chi connectivity index (χ1n) is 7.55. The van der Waals surface area contributed by atoms with E-state index >= 15 is 0 Å². The summed E-state index contributed by atoms with van der Waals surface area (Å²) in [6.07, 6.45) is -0.215. The lowest BCUT2D eigenvalue weighted by atomic mass is 9.83. The Morgan fingerprint density at radius 2 is 2.21 bits per heavy atom. The van der Waals surface area contributed by atoms with Gasteiger partial charge in [0, 0.05) is 0 Å². The van der Waals surface area contributed by atoms with Gasteiger partial charge in [0.15, 0.2) is 0 Å². The first kappa shape index (κ1) is 17.3. The van der Waals surface area contributed by atoms with Crippen molar-refractivity contribution < 1.29 is 36.4 Å². The minimum Gasteiger partial charge on any atom is -0.462 e. The number of fused-ring (bicyclic) bond motifs is 1. The van der Waals surface area contributed by atoms with Gasteiger partial charge < -0.3 is 19.5 Å². The molecule has 3 rings (SSSR count). The minimum atomic E-state index is -3.66. The lowest BCUT2D eigenvalue weighted by Gasteiger charge is -2.30. The normalized spacial score (nSPS) is 38.0. The molecular weight excluding hydrogens is 342 g/mol. The Bertz CT molecular complexity index is 662. The molecule has 3 aliphatic rings. The van der Waals surface area contributed by atoms with Crippen LogP contribution in [-0.2, 0) is 38.1 Å². The van der Waals surface area contributed by atoms with E-state index in [0.29, 0.717) is 6.42 Å². The predicted octanol–water partition coefficient (Wildman–Crippen LogP) is -1.12. The second-order valence-corrected chi connectivity index (χ2v) is 7.83. The monoisotopic (exact) mass is 361 g/mol. The van der Waals surface area contributed by atoms with Gasteiger partial charge in [0.05, 0.1) is 12.6 Å². The van der Waals surface area contributed by atoms with Crippen LogP contribution in [0.4, 0.5) is 0 Å². The maximum Gasteiger partial charge on any atom is 0.332 e. The van der Waals surface area contributed by atoms with Crippen LogP contribution in [-0.4, -0.2) is 69.2 Å². The van der Waals surface area contributed by atoms with Crippen molar-refractivity contribution in [3.05, 3.63) is 12.7 Å². The number of rotatable bonds is 7. The van der Waals surface area contributed by atoms with Crippen molar-refractivity contribution in [3.63, 3.8) is 0 Å². The second-order valence-electron chi connectivity index (χ2n) is 6.08. The van der Waals surface area contributed by atoms with Gasteiger partial charge in [0.1, 0.15) is 36.3 Å². The molecule has 0 aliphatic carbocycles. The molecule has 3 aliphatic heterocycles. The van der Waals surface area contributed by atoms with Crippen LogP contribution in [0.15, 0.2) is 12.7 Å². The molecule has 0 aromatic rings. The van der Waals surface area contributed by atoms with E-state index in [1.165, 1.54) is 0 Å². The molecule has 0 saturated carbocycles. The summed E-state index contributed by atoms with van der Waals surface area (Å²) in [6.45, 7) is 4.73. The molecule has 1 N–H and O–H groups in total. The lowest BCUT2D eigenvalue weighted by Crippen LogP contribution is -2.50. The summed E-state index contributed by atoms with van der Waals surface area (Å²) >= 11 is 0. The van der Waals surface area contributed by atoms with E-state index in [-0.39, 0.29) is 25.7 Å². The standard InChI is InChI=1S/C14H19NO8S/c1-3-10(16)15-4-5-20-11(17)7-21-12-8-6-9-13(22-8)14(12,2)23-24(9,18)19/h3,8-9,12-13H,1,4-7H2,2H3,(H,15,16). The highest BCUT2D eigenvalue weighted by atomic mass is 32.2. The van der Waals surface area contributed by atoms with Gasteiger partial charge in [0.2, 0.25) is 5.91 Å². The molecule has 3 saturated heterocycles. The predicted molar refractivity (Wildman–Crippen MR) is 79.4 cm³/mol. The van der Waals surface area contributed by atoms with Crippen LogP contribution in [0.2, 0.25) is 0 Å². The summed E-state index contributed by atoms with van der Waals surface area (Å²) in [5.74, 6) is -0.977. The van der Waals surface area contributed by atoms with Gasteiger partial charge >= 0.3 is 5.97 Å².